The van der Waals surface area contributed by atoms with Crippen LogP contribution in [-0.4, -0.2) is 47.4 Å². The molecule has 3 heterocycles. The summed E-state index contributed by atoms with van der Waals surface area (Å²) in [6.45, 7) is 11.6. The van der Waals surface area contributed by atoms with Crippen LogP contribution in [0.1, 0.15) is 73.6 Å². The Bertz CT molecular complexity index is 995. The fourth-order valence-electron chi connectivity index (χ4n) is 7.48. The lowest BCUT2D eigenvalue weighted by atomic mass is 9.64. The molecule has 1 saturated heterocycles. The van der Waals surface area contributed by atoms with E-state index in [1.807, 2.05) is 20.8 Å². The smallest absolute Gasteiger partial charge is 0.331 e. The van der Waals surface area contributed by atoms with Gasteiger partial charge in [0, 0.05) is 42.4 Å². The van der Waals surface area contributed by atoms with E-state index in [1.54, 1.807) is 0 Å². The molecule has 2 aliphatic carbocycles. The molecule has 0 amide bonds. The van der Waals surface area contributed by atoms with Crippen LogP contribution in [0.25, 0.3) is 0 Å². The molecule has 5 aliphatic rings. The lowest BCUT2D eigenvalue weighted by Gasteiger charge is -2.39. The first kappa shape index (κ1) is 23.7. The number of ketones is 1. The summed E-state index contributed by atoms with van der Waals surface area (Å²) in [5, 5.41) is 0. The van der Waals surface area contributed by atoms with Gasteiger partial charge in [-0.25, -0.2) is 4.79 Å². The normalized spacial score (nSPS) is 45.5. The number of esters is 2. The summed E-state index contributed by atoms with van der Waals surface area (Å²) in [7, 11) is 0. The molecule has 5 rings (SSSR count). The van der Waals surface area contributed by atoms with Gasteiger partial charge in [0.1, 0.15) is 12.2 Å². The average Bonchev–Trinajstić information content (AvgIpc) is 3.43. The zero-order valence-corrected chi connectivity index (χ0v) is 21.0. The minimum Gasteiger partial charge on any atom is -0.462 e. The van der Waals surface area contributed by atoms with Gasteiger partial charge in [-0.2, -0.15) is 0 Å². The zero-order chi connectivity index (χ0) is 24.6. The van der Waals surface area contributed by atoms with Crippen LogP contribution in [-0.2, 0) is 33.3 Å². The number of hydrogen-bond acceptors (Lipinski definition) is 7. The second-order valence-electron chi connectivity index (χ2n) is 11.3. The Morgan fingerprint density at radius 2 is 1.97 bits per heavy atom. The number of Topliss-reactive ketones (excluding diaryl/α,β-unsaturated/α-hetero) is 1. The second kappa shape index (κ2) is 8.02. The quantitative estimate of drug-likeness (QED) is 0.571. The number of carbonyl (C=O) groups excluding carboxylic acids is 3. The molecule has 9 atom stereocenters. The molecule has 0 aromatic carbocycles. The van der Waals surface area contributed by atoms with Gasteiger partial charge in [0.25, 0.3) is 0 Å². The number of rotatable bonds is 4. The van der Waals surface area contributed by atoms with Crippen molar-refractivity contribution in [1.82, 2.24) is 0 Å². The van der Waals surface area contributed by atoms with Crippen molar-refractivity contribution in [3.8, 4) is 0 Å². The third-order valence-electron chi connectivity index (χ3n) is 8.83. The van der Waals surface area contributed by atoms with Crippen molar-refractivity contribution in [1.29, 1.82) is 0 Å². The van der Waals surface area contributed by atoms with Crippen LogP contribution in [0.3, 0.4) is 0 Å². The standard InChI is InChI=1S/C27H36O7/c1-13-12-20(29)32-18(13)8-9-26(6)24-23(27(34-26)10-7-15(3)33-27)16(4)22-19(31-17(5)28)11-14(2)21(22)25(24)30/h12,14-16,18-19,21-22H,7-11H2,1-6H3/t14-,15-,16+,18-,19-,21+,22-,26+,27+/m0/s1. The Hall–Kier alpha value is -1.99. The fourth-order valence-corrected chi connectivity index (χ4v) is 7.48. The van der Waals surface area contributed by atoms with E-state index in [0.29, 0.717) is 25.7 Å². The number of fused-ring (bicyclic) bond motifs is 2. The average molecular weight is 473 g/mol. The first-order chi connectivity index (χ1) is 16.0. The molecule has 186 valence electrons. The molecule has 0 N–H and O–H groups in total. The summed E-state index contributed by atoms with van der Waals surface area (Å²) in [6, 6.07) is 0. The topological polar surface area (TPSA) is 88.1 Å². The van der Waals surface area contributed by atoms with Gasteiger partial charge in [0.05, 0.1) is 11.7 Å². The van der Waals surface area contributed by atoms with E-state index >= 15 is 0 Å². The maximum atomic E-state index is 14.2. The Morgan fingerprint density at radius 1 is 1.24 bits per heavy atom. The molecule has 0 radical (unpaired) electrons. The molecule has 3 aliphatic heterocycles. The summed E-state index contributed by atoms with van der Waals surface area (Å²) in [6.07, 6.45) is 4.36. The Labute approximate surface area is 201 Å². The molecule has 34 heavy (non-hydrogen) atoms. The van der Waals surface area contributed by atoms with Crippen molar-refractivity contribution in [2.24, 2.45) is 23.7 Å². The maximum Gasteiger partial charge on any atom is 0.331 e. The van der Waals surface area contributed by atoms with Crippen molar-refractivity contribution in [3.63, 3.8) is 0 Å². The van der Waals surface area contributed by atoms with Crippen LogP contribution in [0, 0.1) is 23.7 Å². The Morgan fingerprint density at radius 3 is 2.56 bits per heavy atom. The number of hydrogen-bond donors (Lipinski definition) is 0. The molecule has 7 nitrogen and oxygen atoms in total. The van der Waals surface area contributed by atoms with Gasteiger partial charge in [-0.3, -0.25) is 9.59 Å². The molecule has 1 spiro atoms. The summed E-state index contributed by atoms with van der Waals surface area (Å²) in [5.41, 5.74) is 1.77. The van der Waals surface area contributed by atoms with Crippen molar-refractivity contribution >= 4 is 17.7 Å². The lowest BCUT2D eigenvalue weighted by Crippen LogP contribution is -2.44. The van der Waals surface area contributed by atoms with E-state index in [2.05, 4.69) is 13.8 Å². The molecule has 0 aromatic rings. The predicted octanol–water partition coefficient (Wildman–Crippen LogP) is 4.04. The molecule has 1 saturated carbocycles. The van der Waals surface area contributed by atoms with Gasteiger partial charge in [0.2, 0.25) is 0 Å². The number of cyclic esters (lactones) is 1. The SMILES string of the molecule is CC(=O)O[C@H]1C[C@H](C)[C@H]2C(=O)C3=C([C@H](C)[C@H]21)[C@@]1(CC[C@H](C)O1)O[C@]3(C)CC[C@@H]1OC(=O)C=C1C. The molecular formula is C27H36O7. The van der Waals surface area contributed by atoms with Crippen LogP contribution in [0.5, 0.6) is 0 Å². The van der Waals surface area contributed by atoms with E-state index in [-0.39, 0.29) is 59.7 Å². The molecule has 2 fully saturated rings. The van der Waals surface area contributed by atoms with Crippen LogP contribution < -0.4 is 0 Å². The molecule has 0 aromatic heterocycles. The van der Waals surface area contributed by atoms with Crippen LogP contribution in [0.15, 0.2) is 22.8 Å². The highest BCUT2D eigenvalue weighted by Gasteiger charge is 2.66. The molecule has 0 bridgehead atoms. The summed E-state index contributed by atoms with van der Waals surface area (Å²) < 4.78 is 24.5. The maximum absolute atomic E-state index is 14.2. The van der Waals surface area contributed by atoms with Crippen LogP contribution in [0.4, 0.5) is 0 Å². The molecular weight excluding hydrogens is 436 g/mol. The Balaban J connectivity index is 1.53. The summed E-state index contributed by atoms with van der Waals surface area (Å²) in [5.74, 6) is -1.61. The van der Waals surface area contributed by atoms with Gasteiger partial charge in [0.15, 0.2) is 11.6 Å². The third kappa shape index (κ3) is 3.49. The van der Waals surface area contributed by atoms with Crippen molar-refractivity contribution < 1.29 is 33.3 Å². The van der Waals surface area contributed by atoms with Crippen LogP contribution >= 0.6 is 0 Å². The summed E-state index contributed by atoms with van der Waals surface area (Å²) >= 11 is 0. The molecule has 0 unspecified atom stereocenters. The van der Waals surface area contributed by atoms with E-state index < -0.39 is 11.4 Å². The van der Waals surface area contributed by atoms with Gasteiger partial charge in [-0.15, -0.1) is 0 Å². The summed E-state index contributed by atoms with van der Waals surface area (Å²) in [4.78, 5) is 37.8. The van der Waals surface area contributed by atoms with Gasteiger partial charge >= 0.3 is 11.9 Å². The van der Waals surface area contributed by atoms with Gasteiger partial charge in [-0.1, -0.05) is 13.8 Å². The Kier molecular flexibility index (Phi) is 5.60. The first-order valence-electron chi connectivity index (χ1n) is 12.7. The zero-order valence-electron chi connectivity index (χ0n) is 21.0. The van der Waals surface area contributed by atoms with Gasteiger partial charge < -0.3 is 18.9 Å². The highest BCUT2D eigenvalue weighted by atomic mass is 16.7. The fraction of sp³-hybridized carbons (Fsp3) is 0.741. The van der Waals surface area contributed by atoms with E-state index in [0.717, 1.165) is 23.1 Å². The molecule has 7 heteroatoms. The lowest BCUT2D eigenvalue weighted by molar-refractivity contribution is -0.231. The van der Waals surface area contributed by atoms with E-state index in [4.69, 9.17) is 18.9 Å². The minimum atomic E-state index is -0.923. The second-order valence-corrected chi connectivity index (χ2v) is 11.3. The highest BCUT2D eigenvalue weighted by Crippen LogP contribution is 2.61. The van der Waals surface area contributed by atoms with Crippen LogP contribution in [0.2, 0.25) is 0 Å². The minimum absolute atomic E-state index is 0.00920. The largest absolute Gasteiger partial charge is 0.462 e. The van der Waals surface area contributed by atoms with Crippen molar-refractivity contribution in [2.75, 3.05) is 0 Å². The highest BCUT2D eigenvalue weighted by molar-refractivity contribution is 6.02. The van der Waals surface area contributed by atoms with E-state index in [9.17, 15) is 14.4 Å². The third-order valence-corrected chi connectivity index (χ3v) is 8.83. The monoisotopic (exact) mass is 472 g/mol. The van der Waals surface area contributed by atoms with Gasteiger partial charge in [-0.05, 0) is 63.9 Å². The first-order valence-corrected chi connectivity index (χ1v) is 12.7. The predicted molar refractivity (Wildman–Crippen MR) is 122 cm³/mol. The van der Waals surface area contributed by atoms with Crippen molar-refractivity contribution in [2.45, 2.75) is 103 Å². The van der Waals surface area contributed by atoms with E-state index in [1.165, 1.54) is 13.0 Å². The number of ether oxygens (including phenoxy) is 4. The number of carbonyl (C=O) groups is 3. The van der Waals surface area contributed by atoms with Crippen molar-refractivity contribution in [3.05, 3.63) is 22.8 Å².